The van der Waals surface area contributed by atoms with E-state index < -0.39 is 23.7 Å². The average molecular weight is 483 g/mol. The zero-order valence-corrected chi connectivity index (χ0v) is 19.8. The van der Waals surface area contributed by atoms with E-state index in [4.69, 9.17) is 0 Å². The molecule has 0 aromatic heterocycles. The molecule has 1 N–H and O–H groups in total. The highest BCUT2D eigenvalue weighted by Gasteiger charge is 2.36. The molecule has 34 heavy (non-hydrogen) atoms. The Morgan fingerprint density at radius 3 is 2.06 bits per heavy atom. The molecule has 0 heterocycles. The smallest absolute Gasteiger partial charge is 0.315 e. The van der Waals surface area contributed by atoms with Gasteiger partial charge in [-0.1, -0.05) is 91.8 Å². The molecule has 0 saturated carbocycles. The fraction of sp³-hybridized carbons (Fsp3) is 0.259. The number of amides is 2. The van der Waals surface area contributed by atoms with Crippen molar-refractivity contribution in [1.29, 1.82) is 0 Å². The van der Waals surface area contributed by atoms with Gasteiger partial charge in [-0.3, -0.25) is 14.5 Å². The van der Waals surface area contributed by atoms with Gasteiger partial charge < -0.3 is 5.32 Å². The number of para-hydroxylation sites is 1. The van der Waals surface area contributed by atoms with E-state index in [2.05, 4.69) is 5.32 Å². The van der Waals surface area contributed by atoms with E-state index in [0.29, 0.717) is 34.3 Å². The van der Waals surface area contributed by atoms with Gasteiger partial charge in [-0.25, -0.2) is 0 Å². The third-order valence-corrected chi connectivity index (χ3v) is 6.10. The van der Waals surface area contributed by atoms with Crippen molar-refractivity contribution in [2.45, 2.75) is 42.4 Å². The van der Waals surface area contributed by atoms with Gasteiger partial charge in [-0.15, -0.1) is 0 Å². The molecule has 0 aliphatic rings. The van der Waals surface area contributed by atoms with Crippen LogP contribution in [0.15, 0.2) is 95.9 Å². The van der Waals surface area contributed by atoms with Gasteiger partial charge in [-0.05, 0) is 36.2 Å². The van der Waals surface area contributed by atoms with Crippen LogP contribution in [0.1, 0.15) is 37.8 Å². The molecule has 0 fully saturated rings. The van der Waals surface area contributed by atoms with Crippen LogP contribution in [0.4, 0.5) is 14.5 Å². The molecule has 3 aromatic rings. The minimum absolute atomic E-state index is 0.234. The summed E-state index contributed by atoms with van der Waals surface area (Å²) in [7, 11) is 0. The number of alkyl halides is 2. The number of rotatable bonds is 11. The zero-order valence-electron chi connectivity index (χ0n) is 19.0. The van der Waals surface area contributed by atoms with Crippen LogP contribution in [0.2, 0.25) is 0 Å². The van der Waals surface area contributed by atoms with Crippen LogP contribution in [-0.2, 0) is 9.59 Å². The third-order valence-electron chi connectivity index (χ3n) is 5.15. The minimum Gasteiger partial charge on any atom is -0.347 e. The van der Waals surface area contributed by atoms with Crippen molar-refractivity contribution < 1.29 is 18.4 Å². The largest absolute Gasteiger partial charge is 0.347 e. The van der Waals surface area contributed by atoms with Crippen molar-refractivity contribution in [2.75, 3.05) is 11.4 Å². The fourth-order valence-electron chi connectivity index (χ4n) is 3.51. The highest BCUT2D eigenvalue weighted by Crippen LogP contribution is 2.35. The van der Waals surface area contributed by atoms with E-state index in [1.807, 2.05) is 13.0 Å². The quantitative estimate of drug-likeness (QED) is 0.320. The number of hydrogen-bond donors (Lipinski definition) is 1. The van der Waals surface area contributed by atoms with E-state index in [-0.39, 0.29) is 12.3 Å². The lowest BCUT2D eigenvalue weighted by molar-refractivity contribution is -0.127. The van der Waals surface area contributed by atoms with Crippen LogP contribution in [0, 0.1) is 0 Å². The molecule has 0 aliphatic carbocycles. The first-order valence-electron chi connectivity index (χ1n) is 11.2. The second kappa shape index (κ2) is 12.3. The summed E-state index contributed by atoms with van der Waals surface area (Å²) >= 11 is 0.389. The molecule has 3 aromatic carbocycles. The molecule has 2 amide bonds. The molecule has 0 spiro atoms. The lowest BCUT2D eigenvalue weighted by atomic mass is 10.0. The number of carbonyl (C=O) groups excluding carboxylic acids is 2. The number of halogens is 2. The van der Waals surface area contributed by atoms with E-state index in [9.17, 15) is 18.4 Å². The van der Waals surface area contributed by atoms with Gasteiger partial charge in [0.25, 0.3) is 0 Å². The molecule has 0 bridgehead atoms. The number of benzene rings is 3. The highest BCUT2D eigenvalue weighted by atomic mass is 32.2. The predicted molar refractivity (Wildman–Crippen MR) is 133 cm³/mol. The first-order valence-corrected chi connectivity index (χ1v) is 12.0. The Bertz CT molecular complexity index is 1050. The Kier molecular flexibility index (Phi) is 9.22. The van der Waals surface area contributed by atoms with E-state index in [1.54, 1.807) is 84.9 Å². The molecule has 0 saturated heterocycles. The number of nitrogens with one attached hydrogen (secondary N) is 1. The normalized spacial score (nSPS) is 12.1. The molecule has 0 aliphatic heterocycles. The standard InChI is InChI=1S/C27H28F2N2O2S/c1-2-3-19-24(32)31(22-15-9-5-10-16-22)25(21-13-7-4-8-14-21)26(33)30-20-27(28,29)34-23-17-11-6-12-18-23/h4-18,25H,2-3,19-20H2,1H3,(H,30,33). The van der Waals surface area contributed by atoms with Gasteiger partial charge in [-0.2, -0.15) is 8.78 Å². The van der Waals surface area contributed by atoms with Crippen LogP contribution in [0.25, 0.3) is 0 Å². The van der Waals surface area contributed by atoms with Crippen molar-refractivity contribution in [3.8, 4) is 0 Å². The van der Waals surface area contributed by atoms with E-state index in [1.165, 1.54) is 4.90 Å². The van der Waals surface area contributed by atoms with Crippen LogP contribution in [-0.4, -0.2) is 23.6 Å². The second-order valence-corrected chi connectivity index (χ2v) is 9.06. The van der Waals surface area contributed by atoms with Gasteiger partial charge in [0.1, 0.15) is 6.04 Å². The second-order valence-electron chi connectivity index (χ2n) is 7.79. The van der Waals surface area contributed by atoms with Crippen molar-refractivity contribution >= 4 is 29.3 Å². The minimum atomic E-state index is -3.22. The molecule has 1 atom stereocenters. The van der Waals surface area contributed by atoms with Crippen molar-refractivity contribution in [3.63, 3.8) is 0 Å². The molecular weight excluding hydrogens is 454 g/mol. The zero-order chi connectivity index (χ0) is 24.4. The number of carbonyl (C=O) groups is 2. The maximum atomic E-state index is 14.7. The Morgan fingerprint density at radius 2 is 1.47 bits per heavy atom. The molecule has 1 unspecified atom stereocenters. The van der Waals surface area contributed by atoms with Gasteiger partial charge in [0.05, 0.1) is 6.54 Å². The van der Waals surface area contributed by atoms with Crippen LogP contribution in [0.3, 0.4) is 0 Å². The fourth-order valence-corrected chi connectivity index (χ4v) is 4.29. The first-order chi connectivity index (χ1) is 16.4. The monoisotopic (exact) mass is 482 g/mol. The van der Waals surface area contributed by atoms with Crippen molar-refractivity contribution in [1.82, 2.24) is 5.32 Å². The van der Waals surface area contributed by atoms with Gasteiger partial charge in [0.15, 0.2) is 0 Å². The van der Waals surface area contributed by atoms with Gasteiger partial charge >= 0.3 is 5.25 Å². The maximum Gasteiger partial charge on any atom is 0.315 e. The summed E-state index contributed by atoms with van der Waals surface area (Å²) < 4.78 is 29.3. The Balaban J connectivity index is 1.88. The van der Waals surface area contributed by atoms with Crippen LogP contribution in [0.5, 0.6) is 0 Å². The number of thioether (sulfide) groups is 1. The number of unbranched alkanes of at least 4 members (excludes halogenated alkanes) is 1. The summed E-state index contributed by atoms with van der Waals surface area (Å²) in [6, 6.07) is 24.9. The maximum absolute atomic E-state index is 14.7. The van der Waals surface area contributed by atoms with Crippen molar-refractivity contribution in [2.24, 2.45) is 0 Å². The molecule has 4 nitrogen and oxygen atoms in total. The lowest BCUT2D eigenvalue weighted by Gasteiger charge is -2.32. The number of hydrogen-bond acceptors (Lipinski definition) is 3. The SMILES string of the molecule is CCCCC(=O)N(c1ccccc1)C(C(=O)NCC(F)(F)Sc1ccccc1)c1ccccc1. The van der Waals surface area contributed by atoms with Gasteiger partial charge in [0, 0.05) is 17.0 Å². The van der Waals surface area contributed by atoms with E-state index in [0.717, 1.165) is 6.42 Å². The molecular formula is C27H28F2N2O2S. The summed E-state index contributed by atoms with van der Waals surface area (Å²) in [5.41, 5.74) is 1.09. The predicted octanol–water partition coefficient (Wildman–Crippen LogP) is 6.45. The topological polar surface area (TPSA) is 49.4 Å². The Morgan fingerprint density at radius 1 is 0.912 bits per heavy atom. The summed E-state index contributed by atoms with van der Waals surface area (Å²) in [5.74, 6) is -0.893. The summed E-state index contributed by atoms with van der Waals surface area (Å²) in [6.45, 7) is 1.12. The van der Waals surface area contributed by atoms with E-state index >= 15 is 0 Å². The Labute approximate surface area is 203 Å². The van der Waals surface area contributed by atoms with Crippen LogP contribution >= 0.6 is 11.8 Å². The molecule has 3 rings (SSSR count). The molecule has 0 radical (unpaired) electrons. The van der Waals surface area contributed by atoms with Crippen LogP contribution < -0.4 is 10.2 Å². The third kappa shape index (κ3) is 7.15. The number of nitrogens with zero attached hydrogens (tertiary/aromatic N) is 1. The first kappa shape index (κ1) is 25.4. The summed E-state index contributed by atoms with van der Waals surface area (Å²) in [6.07, 6.45) is 1.73. The molecule has 7 heteroatoms. The number of anilines is 1. The Hall–Kier alpha value is -3.19. The average Bonchev–Trinajstić information content (AvgIpc) is 2.86. The summed E-state index contributed by atoms with van der Waals surface area (Å²) in [5, 5.41) is -0.821. The molecule has 178 valence electrons. The highest BCUT2D eigenvalue weighted by molar-refractivity contribution is 8.00. The summed E-state index contributed by atoms with van der Waals surface area (Å²) in [4.78, 5) is 28.5. The lowest BCUT2D eigenvalue weighted by Crippen LogP contribution is -2.46. The van der Waals surface area contributed by atoms with Gasteiger partial charge in [0.2, 0.25) is 11.8 Å². The van der Waals surface area contributed by atoms with Crippen molar-refractivity contribution in [3.05, 3.63) is 96.6 Å².